The molecule has 2 aromatic rings. The maximum Gasteiger partial charge on any atom is 0.342 e. The van der Waals surface area contributed by atoms with Gasteiger partial charge in [0.1, 0.15) is 5.69 Å². The number of aromatic nitrogens is 1. The van der Waals surface area contributed by atoms with Crippen molar-refractivity contribution in [1.82, 2.24) is 9.47 Å². The molecule has 0 unspecified atom stereocenters. The number of hydrogen-bond acceptors (Lipinski definition) is 4. The van der Waals surface area contributed by atoms with Crippen LogP contribution >= 0.6 is 15.2 Å². The van der Waals surface area contributed by atoms with Gasteiger partial charge in [0.2, 0.25) is 0 Å². The summed E-state index contributed by atoms with van der Waals surface area (Å²) in [5.74, 6) is -1.81. The van der Waals surface area contributed by atoms with E-state index in [0.717, 1.165) is 0 Å². The Hall–Kier alpha value is -2.00. The fourth-order valence-electron chi connectivity index (χ4n) is 2.50. The summed E-state index contributed by atoms with van der Waals surface area (Å²) in [4.78, 5) is 50.1. The smallest absolute Gasteiger partial charge is 0.342 e. The molecule has 0 fully saturated rings. The predicted octanol–water partition coefficient (Wildman–Crippen LogP) is 0.195. The van der Waals surface area contributed by atoms with Gasteiger partial charge in [0, 0.05) is 18.0 Å². The van der Waals surface area contributed by atoms with Gasteiger partial charge in [0.15, 0.2) is 11.4 Å². The predicted molar refractivity (Wildman–Crippen MR) is 93.7 cm³/mol. The number of fused-ring (bicyclic) bond motifs is 1. The van der Waals surface area contributed by atoms with Gasteiger partial charge in [-0.2, -0.15) is 0 Å². The summed E-state index contributed by atoms with van der Waals surface area (Å²) in [6, 6.07) is 8.45. The average molecular weight is 404 g/mol. The molecule has 0 aliphatic carbocycles. The normalized spacial score (nSPS) is 12.5. The Balaban J connectivity index is 2.47. The van der Waals surface area contributed by atoms with Crippen LogP contribution in [0.4, 0.5) is 0 Å². The Morgan fingerprint density at radius 1 is 1.23 bits per heavy atom. The third kappa shape index (κ3) is 4.04. The molecule has 1 aromatic heterocycles. The number of carbonyl (C=O) groups is 1. The van der Waals surface area contributed by atoms with E-state index in [1.54, 1.807) is 31.3 Å². The van der Waals surface area contributed by atoms with E-state index < -0.39 is 39.0 Å². The number of nitrogens with zero attached hydrogens (tertiary/aromatic N) is 2. The fourth-order valence-corrected chi connectivity index (χ4v) is 4.81. The molecule has 0 saturated carbocycles. The Kier molecular flexibility index (Phi) is 5.44. The van der Waals surface area contributed by atoms with Gasteiger partial charge in [-0.3, -0.25) is 24.2 Å². The lowest BCUT2D eigenvalue weighted by atomic mass is 10.2. The molecule has 0 bridgehead atoms. The first-order valence-electron chi connectivity index (χ1n) is 7.15. The SMILES string of the molecule is Cn1c(C(=O)N(CC(P(=O)(O)O)P(=O)(O)O)C(=N)N)cc2ccccc21. The molecule has 0 spiro atoms. The minimum atomic E-state index is -5.28. The highest BCUT2D eigenvalue weighted by atomic mass is 31.2. The molecule has 13 heteroatoms. The number of carbonyl (C=O) groups excluding carboxylic acids is 1. The van der Waals surface area contributed by atoms with Gasteiger partial charge in [-0.1, -0.05) is 18.2 Å². The van der Waals surface area contributed by atoms with E-state index in [2.05, 4.69) is 0 Å². The molecule has 11 nitrogen and oxygen atoms in total. The Labute approximate surface area is 147 Å². The fraction of sp³-hybridized carbons (Fsp3) is 0.231. The summed E-state index contributed by atoms with van der Waals surface area (Å²) in [6.07, 6.45) is 0. The van der Waals surface area contributed by atoms with Crippen LogP contribution in [0.5, 0.6) is 0 Å². The van der Waals surface area contributed by atoms with E-state index in [0.29, 0.717) is 15.8 Å². The van der Waals surface area contributed by atoms with E-state index in [4.69, 9.17) is 11.1 Å². The monoisotopic (exact) mass is 404 g/mol. The molecule has 0 radical (unpaired) electrons. The summed E-state index contributed by atoms with van der Waals surface area (Å²) < 4.78 is 24.4. The second-order valence-corrected chi connectivity index (χ2v) is 9.62. The average Bonchev–Trinajstić information content (AvgIpc) is 2.82. The topological polar surface area (TPSA) is 190 Å². The van der Waals surface area contributed by atoms with Gasteiger partial charge in [-0.05, 0) is 12.1 Å². The van der Waals surface area contributed by atoms with Crippen molar-refractivity contribution in [2.24, 2.45) is 12.8 Å². The minimum absolute atomic E-state index is 0.0385. The van der Waals surface area contributed by atoms with Gasteiger partial charge in [0.25, 0.3) is 5.91 Å². The van der Waals surface area contributed by atoms with Crippen molar-refractivity contribution in [2.75, 3.05) is 6.54 Å². The first-order chi connectivity index (χ1) is 11.8. The highest BCUT2D eigenvalue weighted by Gasteiger charge is 2.46. The molecular weight excluding hydrogens is 386 g/mol. The van der Waals surface area contributed by atoms with Crippen LogP contribution in [0.3, 0.4) is 0 Å². The molecule has 2 rings (SSSR count). The molecule has 0 aliphatic rings. The van der Waals surface area contributed by atoms with Crippen LogP contribution in [0, 0.1) is 5.41 Å². The number of amides is 1. The highest BCUT2D eigenvalue weighted by molar-refractivity contribution is 7.70. The molecule has 1 amide bonds. The van der Waals surface area contributed by atoms with Gasteiger partial charge >= 0.3 is 15.2 Å². The molecule has 142 valence electrons. The third-order valence-corrected chi connectivity index (χ3v) is 7.51. The van der Waals surface area contributed by atoms with Crippen LogP contribution < -0.4 is 5.73 Å². The summed E-state index contributed by atoms with van der Waals surface area (Å²) in [5, 5.41) is 5.72. The molecule has 0 atom stereocenters. The number of guanidine groups is 1. The first-order valence-corrected chi connectivity index (χ1v) is 10.5. The van der Waals surface area contributed by atoms with Gasteiger partial charge in [-0.25, -0.2) is 0 Å². The van der Waals surface area contributed by atoms with E-state index in [9.17, 15) is 33.5 Å². The van der Waals surface area contributed by atoms with E-state index in [1.165, 1.54) is 10.6 Å². The van der Waals surface area contributed by atoms with Crippen LogP contribution in [0.15, 0.2) is 30.3 Å². The second-order valence-electron chi connectivity index (χ2n) is 5.61. The first kappa shape index (κ1) is 20.3. The minimum Gasteiger partial charge on any atom is -0.370 e. The Morgan fingerprint density at radius 3 is 2.23 bits per heavy atom. The molecule has 0 aliphatic heterocycles. The van der Waals surface area contributed by atoms with Crippen LogP contribution in [0.1, 0.15) is 10.5 Å². The van der Waals surface area contributed by atoms with Gasteiger partial charge < -0.3 is 29.9 Å². The number of aryl methyl sites for hydroxylation is 1. The van der Waals surface area contributed by atoms with Crippen LogP contribution in [0.25, 0.3) is 10.9 Å². The number of hydrogen-bond donors (Lipinski definition) is 6. The van der Waals surface area contributed by atoms with Crippen molar-refractivity contribution in [1.29, 1.82) is 5.41 Å². The number of nitrogens with two attached hydrogens (primary N) is 1. The lowest BCUT2D eigenvalue weighted by Crippen LogP contribution is -2.45. The van der Waals surface area contributed by atoms with Crippen molar-refractivity contribution in [3.63, 3.8) is 0 Å². The van der Waals surface area contributed by atoms with Crippen LogP contribution in [0.2, 0.25) is 0 Å². The molecule has 1 aromatic carbocycles. The van der Waals surface area contributed by atoms with Crippen molar-refractivity contribution in [3.8, 4) is 0 Å². The van der Waals surface area contributed by atoms with Crippen molar-refractivity contribution >= 4 is 38.0 Å². The van der Waals surface area contributed by atoms with E-state index in [1.807, 2.05) is 0 Å². The van der Waals surface area contributed by atoms with Crippen molar-refractivity contribution in [3.05, 3.63) is 36.0 Å². The molecule has 7 N–H and O–H groups in total. The van der Waals surface area contributed by atoms with Gasteiger partial charge in [0.05, 0.1) is 6.54 Å². The Morgan fingerprint density at radius 2 is 1.77 bits per heavy atom. The van der Waals surface area contributed by atoms with E-state index >= 15 is 0 Å². The number of rotatable bonds is 5. The maximum atomic E-state index is 12.7. The summed E-state index contributed by atoms with van der Waals surface area (Å²) in [5.41, 5.74) is 6.05. The van der Waals surface area contributed by atoms with Gasteiger partial charge in [-0.15, -0.1) is 0 Å². The summed E-state index contributed by atoms with van der Waals surface area (Å²) >= 11 is 0. The quantitative estimate of drug-likeness (QED) is 0.231. The number of nitrogens with one attached hydrogen (secondary N) is 1. The maximum absolute atomic E-state index is 12.7. The van der Waals surface area contributed by atoms with Crippen molar-refractivity contribution in [2.45, 2.75) is 5.40 Å². The Bertz CT molecular complexity index is 939. The third-order valence-electron chi connectivity index (χ3n) is 3.83. The zero-order valence-corrected chi connectivity index (χ0v) is 15.3. The number of para-hydroxylation sites is 1. The molecular formula is C13H18N4O7P2. The van der Waals surface area contributed by atoms with Crippen molar-refractivity contribution < 1.29 is 33.5 Å². The molecule has 0 saturated heterocycles. The zero-order chi connectivity index (χ0) is 19.9. The summed E-state index contributed by atoms with van der Waals surface area (Å²) in [6.45, 7) is -1.11. The highest BCUT2D eigenvalue weighted by Crippen LogP contribution is 2.60. The number of benzene rings is 1. The van der Waals surface area contributed by atoms with Crippen LogP contribution in [-0.4, -0.2) is 52.9 Å². The summed E-state index contributed by atoms with van der Waals surface area (Å²) in [7, 11) is -8.99. The zero-order valence-electron chi connectivity index (χ0n) is 13.6. The standard InChI is InChI=1S/C13H18N4O7P2/c1-16-9-5-3-2-4-8(9)6-10(16)12(18)17(13(14)15)7-11(25(19,20)21)26(22,23)24/h2-6,11H,7H2,1H3,(H3,14,15)(H2,19,20,21)(H2,22,23,24). The largest absolute Gasteiger partial charge is 0.370 e. The molecule has 1 heterocycles. The van der Waals surface area contributed by atoms with E-state index in [-0.39, 0.29) is 5.69 Å². The lowest BCUT2D eigenvalue weighted by molar-refractivity contribution is 0.0838. The molecule has 26 heavy (non-hydrogen) atoms. The van der Waals surface area contributed by atoms with Crippen LogP contribution in [-0.2, 0) is 16.2 Å². The second kappa shape index (κ2) is 6.96. The lowest BCUT2D eigenvalue weighted by Gasteiger charge is -2.27.